The molecule has 0 radical (unpaired) electrons. The SMILES string of the molecule is CC(C)n1nnnc1COc1ccc(C(=O)N(C)Cc2ccco2)cc1. The van der Waals surface area contributed by atoms with Gasteiger partial charge < -0.3 is 14.1 Å². The summed E-state index contributed by atoms with van der Waals surface area (Å²) in [6.45, 7) is 4.68. The first-order valence-electron chi connectivity index (χ1n) is 8.32. The molecule has 0 aliphatic rings. The summed E-state index contributed by atoms with van der Waals surface area (Å²) in [5.41, 5.74) is 0.582. The molecule has 0 aliphatic carbocycles. The number of carbonyl (C=O) groups excluding carboxylic acids is 1. The number of benzene rings is 1. The Morgan fingerprint density at radius 3 is 2.69 bits per heavy atom. The van der Waals surface area contributed by atoms with Gasteiger partial charge in [0.2, 0.25) is 0 Å². The Balaban J connectivity index is 1.59. The van der Waals surface area contributed by atoms with Gasteiger partial charge in [-0.3, -0.25) is 4.79 Å². The first kappa shape index (κ1) is 17.7. The molecule has 0 saturated carbocycles. The third-order valence-electron chi connectivity index (χ3n) is 3.84. The molecule has 0 saturated heterocycles. The van der Waals surface area contributed by atoms with Gasteiger partial charge in [-0.1, -0.05) is 0 Å². The molecule has 0 N–H and O–H groups in total. The predicted octanol–water partition coefficient (Wildman–Crippen LogP) is 2.70. The van der Waals surface area contributed by atoms with Crippen LogP contribution in [0.4, 0.5) is 0 Å². The quantitative estimate of drug-likeness (QED) is 0.648. The Morgan fingerprint density at radius 1 is 1.27 bits per heavy atom. The van der Waals surface area contributed by atoms with Crippen molar-refractivity contribution in [2.75, 3.05) is 7.05 Å². The van der Waals surface area contributed by atoms with E-state index in [0.29, 0.717) is 23.7 Å². The number of carbonyl (C=O) groups is 1. The van der Waals surface area contributed by atoms with Crippen molar-refractivity contribution in [3.05, 3.63) is 59.8 Å². The lowest BCUT2D eigenvalue weighted by molar-refractivity contribution is 0.0775. The van der Waals surface area contributed by atoms with Gasteiger partial charge in [-0.05, 0) is 60.7 Å². The van der Waals surface area contributed by atoms with E-state index < -0.39 is 0 Å². The van der Waals surface area contributed by atoms with E-state index in [2.05, 4.69) is 15.5 Å². The second-order valence-electron chi connectivity index (χ2n) is 6.19. The molecular formula is C18H21N5O3. The summed E-state index contributed by atoms with van der Waals surface area (Å²) in [6, 6.07) is 10.8. The maximum atomic E-state index is 12.5. The van der Waals surface area contributed by atoms with E-state index in [1.807, 2.05) is 19.9 Å². The fourth-order valence-electron chi connectivity index (χ4n) is 2.48. The molecule has 3 aromatic rings. The zero-order chi connectivity index (χ0) is 18.5. The third-order valence-corrected chi connectivity index (χ3v) is 3.84. The molecule has 0 bridgehead atoms. The molecule has 0 unspecified atom stereocenters. The number of nitrogens with zero attached hydrogens (tertiary/aromatic N) is 5. The van der Waals surface area contributed by atoms with Gasteiger partial charge in [0.15, 0.2) is 5.82 Å². The first-order chi connectivity index (χ1) is 12.5. The second kappa shape index (κ2) is 7.81. The second-order valence-corrected chi connectivity index (χ2v) is 6.19. The Morgan fingerprint density at radius 2 is 2.04 bits per heavy atom. The van der Waals surface area contributed by atoms with E-state index in [0.717, 1.165) is 5.76 Å². The molecule has 136 valence electrons. The standard InChI is InChI=1S/C18H21N5O3/c1-13(2)23-17(19-20-21-23)12-26-15-8-6-14(7-9-15)18(24)22(3)11-16-5-4-10-25-16/h4-10,13H,11-12H2,1-3H3. The highest BCUT2D eigenvalue weighted by molar-refractivity contribution is 5.94. The van der Waals surface area contributed by atoms with E-state index in [-0.39, 0.29) is 18.6 Å². The fraction of sp³-hybridized carbons (Fsp3) is 0.333. The van der Waals surface area contributed by atoms with Gasteiger partial charge in [0.05, 0.1) is 18.8 Å². The molecule has 2 heterocycles. The minimum atomic E-state index is -0.0864. The highest BCUT2D eigenvalue weighted by atomic mass is 16.5. The lowest BCUT2D eigenvalue weighted by Crippen LogP contribution is -2.25. The fourth-order valence-corrected chi connectivity index (χ4v) is 2.48. The van der Waals surface area contributed by atoms with Crippen LogP contribution in [0.3, 0.4) is 0 Å². The summed E-state index contributed by atoms with van der Waals surface area (Å²) in [4.78, 5) is 14.1. The van der Waals surface area contributed by atoms with E-state index in [1.165, 1.54) is 0 Å². The summed E-state index contributed by atoms with van der Waals surface area (Å²) in [5, 5.41) is 11.6. The molecule has 26 heavy (non-hydrogen) atoms. The van der Waals surface area contributed by atoms with Crippen molar-refractivity contribution in [3.63, 3.8) is 0 Å². The van der Waals surface area contributed by atoms with Crippen molar-refractivity contribution in [1.82, 2.24) is 25.1 Å². The van der Waals surface area contributed by atoms with Crippen LogP contribution in [0, 0.1) is 0 Å². The van der Waals surface area contributed by atoms with E-state index in [4.69, 9.17) is 9.15 Å². The number of rotatable bonds is 7. The van der Waals surface area contributed by atoms with Crippen LogP contribution in [0.1, 0.15) is 41.8 Å². The van der Waals surface area contributed by atoms with Crippen LogP contribution >= 0.6 is 0 Å². The van der Waals surface area contributed by atoms with Gasteiger partial charge >= 0.3 is 0 Å². The number of tetrazole rings is 1. The molecule has 8 heteroatoms. The van der Waals surface area contributed by atoms with Crippen molar-refractivity contribution in [2.24, 2.45) is 0 Å². The Labute approximate surface area is 151 Å². The summed E-state index contributed by atoms with van der Waals surface area (Å²) in [5.74, 6) is 1.95. The van der Waals surface area contributed by atoms with Gasteiger partial charge in [-0.25, -0.2) is 4.68 Å². The molecule has 0 spiro atoms. The van der Waals surface area contributed by atoms with Gasteiger partial charge in [-0.15, -0.1) is 5.10 Å². The number of hydrogen-bond acceptors (Lipinski definition) is 6. The lowest BCUT2D eigenvalue weighted by Gasteiger charge is -2.16. The summed E-state index contributed by atoms with van der Waals surface area (Å²) in [7, 11) is 1.74. The predicted molar refractivity (Wildman–Crippen MR) is 93.5 cm³/mol. The maximum Gasteiger partial charge on any atom is 0.254 e. The number of hydrogen-bond donors (Lipinski definition) is 0. The van der Waals surface area contributed by atoms with Crippen molar-refractivity contribution in [1.29, 1.82) is 0 Å². The molecule has 3 rings (SSSR count). The largest absolute Gasteiger partial charge is 0.486 e. The minimum Gasteiger partial charge on any atom is -0.486 e. The average Bonchev–Trinajstić information content (AvgIpc) is 3.31. The van der Waals surface area contributed by atoms with Crippen LogP contribution < -0.4 is 4.74 Å². The normalized spacial score (nSPS) is 10.9. The van der Waals surface area contributed by atoms with Crippen molar-refractivity contribution < 1.29 is 13.9 Å². The molecule has 1 amide bonds. The van der Waals surface area contributed by atoms with Crippen LogP contribution in [0.2, 0.25) is 0 Å². The molecule has 0 fully saturated rings. The van der Waals surface area contributed by atoms with Crippen LogP contribution in [0.25, 0.3) is 0 Å². The zero-order valence-electron chi connectivity index (χ0n) is 15.0. The van der Waals surface area contributed by atoms with Crippen molar-refractivity contribution in [3.8, 4) is 5.75 Å². The number of aromatic nitrogens is 4. The number of furan rings is 1. The molecule has 0 aliphatic heterocycles. The van der Waals surface area contributed by atoms with Crippen molar-refractivity contribution >= 4 is 5.91 Å². The summed E-state index contributed by atoms with van der Waals surface area (Å²) < 4.78 is 12.7. The van der Waals surface area contributed by atoms with E-state index >= 15 is 0 Å². The van der Waals surface area contributed by atoms with Crippen LogP contribution in [0.5, 0.6) is 5.75 Å². The molecule has 8 nitrogen and oxygen atoms in total. The highest BCUT2D eigenvalue weighted by Gasteiger charge is 2.14. The third kappa shape index (κ3) is 4.08. The van der Waals surface area contributed by atoms with Crippen LogP contribution in [-0.2, 0) is 13.2 Å². The van der Waals surface area contributed by atoms with Gasteiger partial charge in [0.1, 0.15) is 18.1 Å². The van der Waals surface area contributed by atoms with E-state index in [1.54, 1.807) is 53.2 Å². The molecule has 2 aromatic heterocycles. The molecular weight excluding hydrogens is 334 g/mol. The number of ether oxygens (including phenoxy) is 1. The Hall–Kier alpha value is -3.16. The van der Waals surface area contributed by atoms with Crippen LogP contribution in [0.15, 0.2) is 47.1 Å². The lowest BCUT2D eigenvalue weighted by atomic mass is 10.2. The number of amides is 1. The topological polar surface area (TPSA) is 86.3 Å². The zero-order valence-corrected chi connectivity index (χ0v) is 15.0. The van der Waals surface area contributed by atoms with Gasteiger partial charge in [0.25, 0.3) is 5.91 Å². The van der Waals surface area contributed by atoms with Crippen molar-refractivity contribution in [2.45, 2.75) is 33.0 Å². The monoisotopic (exact) mass is 355 g/mol. The average molecular weight is 355 g/mol. The van der Waals surface area contributed by atoms with Gasteiger partial charge in [-0.2, -0.15) is 0 Å². The smallest absolute Gasteiger partial charge is 0.254 e. The Bertz CT molecular complexity index is 840. The molecule has 1 aromatic carbocycles. The van der Waals surface area contributed by atoms with Crippen LogP contribution in [-0.4, -0.2) is 38.1 Å². The Kier molecular flexibility index (Phi) is 5.31. The maximum absolute atomic E-state index is 12.5. The minimum absolute atomic E-state index is 0.0864. The first-order valence-corrected chi connectivity index (χ1v) is 8.32. The highest BCUT2D eigenvalue weighted by Crippen LogP contribution is 2.16. The van der Waals surface area contributed by atoms with E-state index in [9.17, 15) is 4.79 Å². The summed E-state index contributed by atoms with van der Waals surface area (Å²) >= 11 is 0. The molecule has 0 atom stereocenters. The van der Waals surface area contributed by atoms with Gasteiger partial charge in [0, 0.05) is 12.6 Å². The summed E-state index contributed by atoms with van der Waals surface area (Å²) in [6.07, 6.45) is 1.59.